The Kier molecular flexibility index (Phi) is 5.40. The molecule has 1 aromatic heterocycles. The van der Waals surface area contributed by atoms with E-state index in [2.05, 4.69) is 17.0 Å². The van der Waals surface area contributed by atoms with E-state index in [9.17, 15) is 5.26 Å². The van der Waals surface area contributed by atoms with Crippen LogP contribution in [-0.2, 0) is 34.5 Å². The molecule has 30 heavy (non-hydrogen) atoms. The fraction of sp³-hybridized carbons (Fsp3) is 0.522. The van der Waals surface area contributed by atoms with E-state index >= 15 is 0 Å². The molecule has 1 aromatic carbocycles. The van der Waals surface area contributed by atoms with Gasteiger partial charge in [0.25, 0.3) is 0 Å². The molecule has 1 unspecified atom stereocenters. The Bertz CT molecular complexity index is 997. The molecule has 1 saturated heterocycles. The highest BCUT2D eigenvalue weighted by atomic mass is 32.2. The minimum Gasteiger partial charge on any atom is -0.380 e. The Balaban J connectivity index is 1.59. The number of hydrogen-bond donors (Lipinski definition) is 0. The van der Waals surface area contributed by atoms with Crippen molar-refractivity contribution < 1.29 is 9.47 Å². The van der Waals surface area contributed by atoms with E-state index in [-0.39, 0.29) is 0 Å². The van der Waals surface area contributed by atoms with Crippen LogP contribution in [-0.4, -0.2) is 42.5 Å². The minimum absolute atomic E-state index is 0.462. The Morgan fingerprint density at radius 2 is 2.13 bits per heavy atom. The summed E-state index contributed by atoms with van der Waals surface area (Å²) in [6, 6.07) is 8.45. The van der Waals surface area contributed by atoms with Crippen molar-refractivity contribution in [3.8, 4) is 6.07 Å². The van der Waals surface area contributed by atoms with Gasteiger partial charge in [0.2, 0.25) is 0 Å². The predicted molar refractivity (Wildman–Crippen MR) is 116 cm³/mol. The van der Waals surface area contributed by atoms with E-state index < -0.39 is 5.60 Å². The number of nitriles is 1. The van der Waals surface area contributed by atoms with Gasteiger partial charge < -0.3 is 14.4 Å². The second-order valence-corrected chi connectivity index (χ2v) is 8.95. The second-order valence-electron chi connectivity index (χ2n) is 8.18. The molecule has 3 heterocycles. The van der Waals surface area contributed by atoms with E-state index in [4.69, 9.17) is 19.4 Å². The van der Waals surface area contributed by atoms with Gasteiger partial charge in [0.1, 0.15) is 11.4 Å². The third-order valence-electron chi connectivity index (χ3n) is 6.45. The number of fused-ring (bicyclic) bond motifs is 3. The molecule has 1 aliphatic carbocycles. The van der Waals surface area contributed by atoms with Gasteiger partial charge in [-0.2, -0.15) is 5.26 Å². The van der Waals surface area contributed by atoms with Crippen molar-refractivity contribution in [2.24, 2.45) is 0 Å². The first-order chi connectivity index (χ1) is 14.7. The molecular formula is C23H26N4O2S. The van der Waals surface area contributed by atoms with Crippen LogP contribution in [0.1, 0.15) is 47.2 Å². The Labute approximate surface area is 181 Å². The lowest BCUT2D eigenvalue weighted by Crippen LogP contribution is -2.41. The van der Waals surface area contributed by atoms with Crippen LogP contribution in [0.4, 0.5) is 5.82 Å². The lowest BCUT2D eigenvalue weighted by atomic mass is 9.73. The molecule has 0 bridgehead atoms. The van der Waals surface area contributed by atoms with Gasteiger partial charge in [-0.05, 0) is 43.6 Å². The number of thioether (sulfide) groups is 1. The first-order valence-electron chi connectivity index (χ1n) is 10.7. The number of benzene rings is 1. The number of hydrogen-bond acceptors (Lipinski definition) is 7. The lowest BCUT2D eigenvalue weighted by molar-refractivity contribution is -0.0857. The number of ether oxygens (including phenoxy) is 2. The molecule has 7 heteroatoms. The van der Waals surface area contributed by atoms with Crippen molar-refractivity contribution in [1.82, 2.24) is 9.97 Å². The molecular weight excluding hydrogens is 396 g/mol. The summed E-state index contributed by atoms with van der Waals surface area (Å²) in [5.41, 5.74) is 4.77. The summed E-state index contributed by atoms with van der Waals surface area (Å²) in [5, 5.41) is 10.6. The van der Waals surface area contributed by atoms with Gasteiger partial charge in [-0.1, -0.05) is 23.9 Å². The van der Waals surface area contributed by atoms with Gasteiger partial charge in [0.15, 0.2) is 5.16 Å². The van der Waals surface area contributed by atoms with Crippen LogP contribution < -0.4 is 4.90 Å². The number of anilines is 1. The summed E-state index contributed by atoms with van der Waals surface area (Å²) >= 11 is 1.58. The zero-order valence-electron chi connectivity index (χ0n) is 17.3. The molecule has 2 aliphatic heterocycles. The van der Waals surface area contributed by atoms with Gasteiger partial charge >= 0.3 is 0 Å². The summed E-state index contributed by atoms with van der Waals surface area (Å²) in [6.45, 7) is 3.77. The predicted octanol–water partition coefficient (Wildman–Crippen LogP) is 3.60. The molecule has 0 N–H and O–H groups in total. The quantitative estimate of drug-likeness (QED) is 0.541. The Hall–Kier alpha value is -2.14. The second kappa shape index (κ2) is 8.18. The van der Waals surface area contributed by atoms with Crippen LogP contribution in [0.25, 0.3) is 0 Å². The summed E-state index contributed by atoms with van der Waals surface area (Å²) in [6.07, 6.45) is 6.70. The molecule has 2 aromatic rings. The lowest BCUT2D eigenvalue weighted by Gasteiger charge is -2.43. The number of nitrogens with zero attached hydrogens (tertiary/aromatic N) is 4. The maximum Gasteiger partial charge on any atom is 0.189 e. The van der Waals surface area contributed by atoms with Gasteiger partial charge in [0.05, 0.1) is 30.5 Å². The fourth-order valence-electron chi connectivity index (χ4n) is 5.08. The molecule has 156 valence electrons. The minimum atomic E-state index is -0.462. The van der Waals surface area contributed by atoms with Crippen LogP contribution in [0.5, 0.6) is 0 Å². The van der Waals surface area contributed by atoms with E-state index in [1.54, 1.807) is 11.8 Å². The molecule has 1 fully saturated rings. The molecule has 1 atom stereocenters. The third-order valence-corrected chi connectivity index (χ3v) is 7.00. The fourth-order valence-corrected chi connectivity index (χ4v) is 5.46. The molecule has 1 spiro atoms. The number of aromatic nitrogens is 2. The largest absolute Gasteiger partial charge is 0.380 e. The molecule has 0 amide bonds. The summed E-state index contributed by atoms with van der Waals surface area (Å²) in [5.74, 6) is 0.995. The van der Waals surface area contributed by atoms with Gasteiger partial charge in [-0.25, -0.2) is 9.97 Å². The molecule has 0 radical (unpaired) electrons. The summed E-state index contributed by atoms with van der Waals surface area (Å²) in [4.78, 5) is 12.1. The first kappa shape index (κ1) is 19.8. The maximum atomic E-state index is 9.77. The highest BCUT2D eigenvalue weighted by molar-refractivity contribution is 7.98. The summed E-state index contributed by atoms with van der Waals surface area (Å²) in [7, 11) is 0. The van der Waals surface area contributed by atoms with Gasteiger partial charge in [0, 0.05) is 37.2 Å². The number of aryl methyl sites for hydroxylation is 1. The third kappa shape index (κ3) is 3.37. The van der Waals surface area contributed by atoms with Crippen LogP contribution in [0.2, 0.25) is 0 Å². The Morgan fingerprint density at radius 1 is 1.20 bits per heavy atom. The van der Waals surface area contributed by atoms with Crippen molar-refractivity contribution in [2.45, 2.75) is 49.5 Å². The molecule has 0 saturated carbocycles. The first-order valence-corrected chi connectivity index (χ1v) is 11.9. The van der Waals surface area contributed by atoms with Crippen molar-refractivity contribution in [2.75, 3.05) is 37.5 Å². The zero-order chi connectivity index (χ0) is 20.6. The van der Waals surface area contributed by atoms with Crippen molar-refractivity contribution in [3.63, 3.8) is 0 Å². The van der Waals surface area contributed by atoms with E-state index in [0.717, 1.165) is 85.3 Å². The van der Waals surface area contributed by atoms with E-state index in [0.29, 0.717) is 13.0 Å². The van der Waals surface area contributed by atoms with E-state index in [1.807, 2.05) is 18.4 Å². The van der Waals surface area contributed by atoms with Gasteiger partial charge in [-0.15, -0.1) is 0 Å². The van der Waals surface area contributed by atoms with Crippen molar-refractivity contribution in [1.29, 1.82) is 5.26 Å². The zero-order valence-corrected chi connectivity index (χ0v) is 18.1. The summed E-state index contributed by atoms with van der Waals surface area (Å²) < 4.78 is 12.3. The average molecular weight is 423 g/mol. The van der Waals surface area contributed by atoms with Crippen LogP contribution in [0.15, 0.2) is 23.4 Å². The van der Waals surface area contributed by atoms with Crippen LogP contribution in [0.3, 0.4) is 0 Å². The maximum absolute atomic E-state index is 9.77. The molecule has 3 aliphatic rings. The highest BCUT2D eigenvalue weighted by Gasteiger charge is 2.44. The Morgan fingerprint density at radius 3 is 3.00 bits per heavy atom. The van der Waals surface area contributed by atoms with Crippen LogP contribution >= 0.6 is 11.8 Å². The standard InChI is InChI=1S/C23H26N4O2S/c1-30-22-25-19-13-23(8-3-7-16-5-2-6-17(14-24)20(16)23)29-15-18(19)21(26-22)27-9-4-11-28-12-10-27/h2,5-6H,3-4,7-13,15H2,1H3. The highest BCUT2D eigenvalue weighted by Crippen LogP contribution is 2.47. The molecule has 6 nitrogen and oxygen atoms in total. The van der Waals surface area contributed by atoms with Crippen molar-refractivity contribution in [3.05, 3.63) is 46.1 Å². The number of rotatable bonds is 2. The topological polar surface area (TPSA) is 71.3 Å². The average Bonchev–Trinajstić information content (AvgIpc) is 3.07. The van der Waals surface area contributed by atoms with Crippen molar-refractivity contribution >= 4 is 17.6 Å². The van der Waals surface area contributed by atoms with E-state index in [1.165, 1.54) is 5.56 Å². The van der Waals surface area contributed by atoms with Gasteiger partial charge in [-0.3, -0.25) is 0 Å². The smallest absolute Gasteiger partial charge is 0.189 e. The molecule has 5 rings (SSSR count). The SMILES string of the molecule is CSc1nc2c(c(N3CCCOCC3)n1)COC1(CCCc3cccc(C#N)c31)C2. The normalized spacial score (nSPS) is 23.4. The van der Waals surface area contributed by atoms with Crippen LogP contribution in [0, 0.1) is 11.3 Å². The monoisotopic (exact) mass is 422 g/mol.